The quantitative estimate of drug-likeness (QED) is 0.210. The number of nitrogens with one attached hydrogen (secondary N) is 2. The minimum absolute atomic E-state index is 0.0669. The molecule has 10 nitrogen and oxygen atoms in total. The van der Waals surface area contributed by atoms with Gasteiger partial charge in [0, 0.05) is 24.3 Å². The fourth-order valence-electron chi connectivity index (χ4n) is 8.08. The molecule has 0 bridgehead atoms. The minimum Gasteiger partial charge on any atom is -0.445 e. The number of aryl methyl sites for hydroxylation is 2. The van der Waals surface area contributed by atoms with Crippen LogP contribution in [0.1, 0.15) is 93.2 Å². The van der Waals surface area contributed by atoms with Gasteiger partial charge in [0.25, 0.3) is 0 Å². The molecule has 1 aliphatic carbocycles. The molecule has 1 aromatic heterocycles. The topological polar surface area (TPSA) is 112 Å². The van der Waals surface area contributed by atoms with Gasteiger partial charge in [-0.2, -0.15) is 0 Å². The highest BCUT2D eigenvalue weighted by Crippen LogP contribution is 2.38. The number of amides is 2. The molecule has 3 atom stereocenters. The lowest BCUT2D eigenvalue weighted by Gasteiger charge is -2.27. The van der Waals surface area contributed by atoms with Gasteiger partial charge < -0.3 is 19.8 Å². The number of aromatic amines is 1. The number of nitrogens with zero attached hydrogens (tertiary/aromatic N) is 4. The van der Waals surface area contributed by atoms with Crippen molar-refractivity contribution < 1.29 is 19.1 Å². The SMILES string of the molecule is CC(C)(C)OC(=O)N1CCC[C@H]1c1nc2c([nH]1)CCCc1cc(-c3ccc(C4CN=C([C@@H]5CCCN5C(=O)OCc5ccccc5)N4)cc3)ccc1-2. The lowest BCUT2D eigenvalue weighted by Crippen LogP contribution is -2.45. The molecule has 4 heterocycles. The number of fused-ring (bicyclic) bond motifs is 3. The average molecular weight is 701 g/mol. The Labute approximate surface area is 305 Å². The molecule has 3 aliphatic heterocycles. The number of amidine groups is 1. The molecule has 2 N–H and O–H groups in total. The van der Waals surface area contributed by atoms with Crippen molar-refractivity contribution in [2.75, 3.05) is 19.6 Å². The molecule has 4 aromatic rings. The molecule has 1 unspecified atom stereocenters. The highest BCUT2D eigenvalue weighted by molar-refractivity contribution is 5.92. The number of benzene rings is 3. The number of imidazole rings is 1. The van der Waals surface area contributed by atoms with Gasteiger partial charge in [-0.1, -0.05) is 72.8 Å². The molecular formula is C42H48N6O4. The molecule has 4 aliphatic rings. The van der Waals surface area contributed by atoms with Gasteiger partial charge in [-0.25, -0.2) is 14.6 Å². The zero-order valence-corrected chi connectivity index (χ0v) is 30.4. The molecular weight excluding hydrogens is 652 g/mol. The maximum atomic E-state index is 13.0. The summed E-state index contributed by atoms with van der Waals surface area (Å²) in [6.45, 7) is 7.98. The van der Waals surface area contributed by atoms with Crippen LogP contribution < -0.4 is 5.32 Å². The molecule has 8 rings (SSSR count). The van der Waals surface area contributed by atoms with Crippen LogP contribution in [0.5, 0.6) is 0 Å². The third-order valence-corrected chi connectivity index (χ3v) is 10.6. The van der Waals surface area contributed by atoms with E-state index in [-0.39, 0.29) is 36.9 Å². The number of ether oxygens (including phenoxy) is 2. The second-order valence-corrected chi connectivity index (χ2v) is 15.4. The Balaban J connectivity index is 0.925. The van der Waals surface area contributed by atoms with Crippen molar-refractivity contribution in [3.8, 4) is 22.4 Å². The van der Waals surface area contributed by atoms with E-state index in [1.165, 1.54) is 27.8 Å². The molecule has 2 fully saturated rings. The third kappa shape index (κ3) is 7.03. The molecule has 2 amide bonds. The normalized spacial score (nSPS) is 21.2. The number of hydrogen-bond acceptors (Lipinski definition) is 7. The van der Waals surface area contributed by atoms with Crippen LogP contribution in [0.25, 0.3) is 22.4 Å². The Morgan fingerprint density at radius 3 is 2.35 bits per heavy atom. The Morgan fingerprint density at radius 2 is 1.58 bits per heavy atom. The number of carbonyl (C=O) groups excluding carboxylic acids is 2. The van der Waals surface area contributed by atoms with Gasteiger partial charge in [-0.15, -0.1) is 0 Å². The summed E-state index contributed by atoms with van der Waals surface area (Å²) < 4.78 is 11.4. The van der Waals surface area contributed by atoms with Gasteiger partial charge >= 0.3 is 12.2 Å². The van der Waals surface area contributed by atoms with Crippen LogP contribution in [0, 0.1) is 0 Å². The van der Waals surface area contributed by atoms with Gasteiger partial charge in [0.05, 0.1) is 30.4 Å². The van der Waals surface area contributed by atoms with E-state index in [0.717, 1.165) is 73.6 Å². The predicted octanol–water partition coefficient (Wildman–Crippen LogP) is 8.15. The van der Waals surface area contributed by atoms with Crippen LogP contribution in [0.3, 0.4) is 0 Å². The fourth-order valence-corrected chi connectivity index (χ4v) is 8.08. The van der Waals surface area contributed by atoms with Gasteiger partial charge in [0.15, 0.2) is 0 Å². The molecule has 3 aromatic carbocycles. The van der Waals surface area contributed by atoms with Gasteiger partial charge in [0.2, 0.25) is 0 Å². The highest BCUT2D eigenvalue weighted by Gasteiger charge is 2.37. The lowest BCUT2D eigenvalue weighted by molar-refractivity contribution is 0.0218. The maximum Gasteiger partial charge on any atom is 0.410 e. The Morgan fingerprint density at radius 1 is 0.846 bits per heavy atom. The summed E-state index contributed by atoms with van der Waals surface area (Å²) in [6.07, 6.45) is 6.00. The molecule has 0 radical (unpaired) electrons. The summed E-state index contributed by atoms with van der Waals surface area (Å²) in [5.41, 5.74) is 8.59. The largest absolute Gasteiger partial charge is 0.445 e. The van der Waals surface area contributed by atoms with Crippen LogP contribution >= 0.6 is 0 Å². The standard InChI is InChI=1S/C42H48N6O4/c1-42(2,3)52-41(50)48-23-9-15-36(48)39-44-33-13-7-12-31-24-30(20-21-32(31)37(33)46-39)28-16-18-29(19-17-28)34-25-43-38(45-34)35-14-8-22-47(35)40(49)51-26-27-10-5-4-6-11-27/h4-6,10-11,16-21,24,34-36H,7-9,12-15,22-23,25-26H2,1-3H3,(H,43,45)(H,44,46)/t34?,35-,36-/m0/s1. The Hall–Kier alpha value is -5.12. The summed E-state index contributed by atoms with van der Waals surface area (Å²) in [4.78, 5) is 43.3. The number of H-pyrrole nitrogens is 1. The monoisotopic (exact) mass is 700 g/mol. The number of carbonyl (C=O) groups is 2. The van der Waals surface area contributed by atoms with Crippen molar-refractivity contribution in [2.45, 2.75) is 96.1 Å². The molecule has 2 saturated heterocycles. The van der Waals surface area contributed by atoms with E-state index in [2.05, 4.69) is 52.8 Å². The van der Waals surface area contributed by atoms with E-state index in [1.54, 1.807) is 0 Å². The van der Waals surface area contributed by atoms with Crippen molar-refractivity contribution in [3.63, 3.8) is 0 Å². The van der Waals surface area contributed by atoms with Crippen molar-refractivity contribution in [2.24, 2.45) is 4.99 Å². The molecule has 10 heteroatoms. The van der Waals surface area contributed by atoms with E-state index >= 15 is 0 Å². The smallest absolute Gasteiger partial charge is 0.410 e. The van der Waals surface area contributed by atoms with Gasteiger partial charge in [-0.05, 0) is 93.5 Å². The molecule has 0 spiro atoms. The zero-order valence-electron chi connectivity index (χ0n) is 30.4. The first-order chi connectivity index (χ1) is 25.2. The van der Waals surface area contributed by atoms with Crippen molar-refractivity contribution in [3.05, 3.63) is 101 Å². The van der Waals surface area contributed by atoms with Gasteiger partial charge in [0.1, 0.15) is 23.9 Å². The first kappa shape index (κ1) is 34.0. The highest BCUT2D eigenvalue weighted by atomic mass is 16.6. The van der Waals surface area contributed by atoms with Crippen molar-refractivity contribution in [1.82, 2.24) is 25.1 Å². The lowest BCUT2D eigenvalue weighted by atomic mass is 9.95. The first-order valence-electron chi connectivity index (χ1n) is 18.8. The number of likely N-dealkylation sites (tertiary alicyclic amines) is 2. The van der Waals surface area contributed by atoms with E-state index in [0.29, 0.717) is 19.6 Å². The zero-order chi connectivity index (χ0) is 35.8. The predicted molar refractivity (Wildman–Crippen MR) is 201 cm³/mol. The van der Waals surface area contributed by atoms with E-state index in [4.69, 9.17) is 19.5 Å². The number of hydrogen-bond donors (Lipinski definition) is 2. The number of rotatable bonds is 6. The van der Waals surface area contributed by atoms with Crippen LogP contribution in [0.15, 0.2) is 77.8 Å². The molecule has 270 valence electrons. The summed E-state index contributed by atoms with van der Waals surface area (Å²) in [5, 5.41) is 3.63. The fraction of sp³-hybridized carbons (Fsp3) is 0.429. The summed E-state index contributed by atoms with van der Waals surface area (Å²) in [7, 11) is 0. The minimum atomic E-state index is -0.536. The Kier molecular flexibility index (Phi) is 9.23. The van der Waals surface area contributed by atoms with Crippen molar-refractivity contribution in [1.29, 1.82) is 0 Å². The van der Waals surface area contributed by atoms with Crippen LogP contribution in [0.4, 0.5) is 9.59 Å². The average Bonchev–Trinajstić information content (AvgIpc) is 3.96. The summed E-state index contributed by atoms with van der Waals surface area (Å²) in [6, 6.07) is 25.2. The number of aliphatic imine (C=N–C) groups is 1. The van der Waals surface area contributed by atoms with E-state index < -0.39 is 5.60 Å². The summed E-state index contributed by atoms with van der Waals surface area (Å²) >= 11 is 0. The first-order valence-corrected chi connectivity index (χ1v) is 18.8. The second-order valence-electron chi connectivity index (χ2n) is 15.4. The van der Waals surface area contributed by atoms with Gasteiger partial charge in [-0.3, -0.25) is 14.8 Å². The van der Waals surface area contributed by atoms with Crippen LogP contribution in [-0.2, 0) is 28.9 Å². The van der Waals surface area contributed by atoms with E-state index in [9.17, 15) is 9.59 Å². The van der Waals surface area contributed by atoms with Crippen LogP contribution in [0.2, 0.25) is 0 Å². The summed E-state index contributed by atoms with van der Waals surface area (Å²) in [5.74, 6) is 1.73. The molecule has 0 saturated carbocycles. The van der Waals surface area contributed by atoms with Crippen molar-refractivity contribution >= 4 is 18.0 Å². The third-order valence-electron chi connectivity index (χ3n) is 10.6. The number of aromatic nitrogens is 2. The molecule has 52 heavy (non-hydrogen) atoms. The Bertz CT molecular complexity index is 1960. The van der Waals surface area contributed by atoms with Crippen LogP contribution in [-0.4, -0.2) is 69.1 Å². The second kappa shape index (κ2) is 14.1. The maximum absolute atomic E-state index is 13.0. The van der Waals surface area contributed by atoms with E-state index in [1.807, 2.05) is 60.9 Å².